The lowest BCUT2D eigenvalue weighted by Crippen LogP contribution is -2.32. The first-order valence-electron chi connectivity index (χ1n) is 8.43. The fourth-order valence-corrected chi connectivity index (χ4v) is 4.42. The molecule has 2 aromatic carbocycles. The molecule has 3 rings (SSSR count). The Morgan fingerprint density at radius 1 is 0.917 bits per heavy atom. The molecule has 0 aliphatic carbocycles. The van der Waals surface area contributed by atoms with Gasteiger partial charge >= 0.3 is 0 Å². The molecule has 2 aromatic rings. The molecule has 126 valence electrons. The Balaban J connectivity index is 1.77. The minimum absolute atomic E-state index is 0.272. The number of hydrogen-bond donors (Lipinski definition) is 0. The number of sulfonamides is 1. The lowest BCUT2D eigenvalue weighted by Gasteiger charge is -2.22. The maximum Gasteiger partial charge on any atom is 0.236 e. The second-order valence-electron chi connectivity index (χ2n) is 6.22. The van der Waals surface area contributed by atoms with Crippen molar-refractivity contribution in [1.82, 2.24) is 4.31 Å². The van der Waals surface area contributed by atoms with E-state index in [0.717, 1.165) is 24.8 Å². The summed E-state index contributed by atoms with van der Waals surface area (Å²) in [5, 5.41) is 1.34. The van der Waals surface area contributed by atoms with Crippen molar-refractivity contribution >= 4 is 16.1 Å². The number of nitrogens with zero attached hydrogens (tertiary/aromatic N) is 1. The van der Waals surface area contributed by atoms with Crippen molar-refractivity contribution in [3.8, 4) is 0 Å². The summed E-state index contributed by atoms with van der Waals surface area (Å²) >= 11 is 0. The molecule has 4 heteroatoms. The lowest BCUT2D eigenvalue weighted by atomic mass is 9.95. The van der Waals surface area contributed by atoms with E-state index in [0.29, 0.717) is 13.1 Å². The van der Waals surface area contributed by atoms with Gasteiger partial charge in [0.05, 0.1) is 0 Å². The second-order valence-corrected chi connectivity index (χ2v) is 8.04. The summed E-state index contributed by atoms with van der Waals surface area (Å²) in [5.41, 5.74) is 2.13. The van der Waals surface area contributed by atoms with E-state index in [1.54, 1.807) is 10.4 Å². The Hall–Kier alpha value is -1.91. The van der Waals surface area contributed by atoms with Crippen LogP contribution in [0.4, 0.5) is 0 Å². The zero-order valence-corrected chi connectivity index (χ0v) is 14.5. The predicted octanol–water partition coefficient (Wildman–Crippen LogP) is 4.26. The molecule has 1 atom stereocenters. The van der Waals surface area contributed by atoms with E-state index in [2.05, 4.69) is 12.1 Å². The highest BCUT2D eigenvalue weighted by Crippen LogP contribution is 2.28. The van der Waals surface area contributed by atoms with Gasteiger partial charge in [-0.15, -0.1) is 0 Å². The molecule has 0 N–H and O–H groups in total. The van der Waals surface area contributed by atoms with Gasteiger partial charge in [-0.2, -0.15) is 4.31 Å². The van der Waals surface area contributed by atoms with E-state index in [1.165, 1.54) is 11.0 Å². The summed E-state index contributed by atoms with van der Waals surface area (Å²) in [6, 6.07) is 19.8. The molecule has 1 heterocycles. The summed E-state index contributed by atoms with van der Waals surface area (Å²) < 4.78 is 27.1. The molecular formula is C20H23NO2S. The molecule has 0 radical (unpaired) electrons. The maximum absolute atomic E-state index is 12.7. The molecular weight excluding hydrogens is 318 g/mol. The minimum atomic E-state index is -3.39. The molecule has 0 amide bonds. The largest absolute Gasteiger partial charge is 0.236 e. The van der Waals surface area contributed by atoms with Gasteiger partial charge in [-0.3, -0.25) is 0 Å². The average Bonchev–Trinajstić information content (AvgIpc) is 2.89. The van der Waals surface area contributed by atoms with Gasteiger partial charge in [0, 0.05) is 18.5 Å². The third-order valence-electron chi connectivity index (χ3n) is 4.50. The standard InChI is InChI=1S/C20H23NO2S/c22-24(23,16-14-18-9-3-1-4-10-18)21-15-8-7-13-20(17-21)19-11-5-2-6-12-19/h1-6,9-12,14,16,20H,7-8,13,15,17H2/b16-14+. The van der Waals surface area contributed by atoms with Gasteiger partial charge in [-0.25, -0.2) is 8.42 Å². The van der Waals surface area contributed by atoms with Crippen molar-refractivity contribution in [2.45, 2.75) is 25.2 Å². The molecule has 24 heavy (non-hydrogen) atoms. The van der Waals surface area contributed by atoms with Crippen molar-refractivity contribution in [1.29, 1.82) is 0 Å². The van der Waals surface area contributed by atoms with Crippen molar-refractivity contribution in [2.75, 3.05) is 13.1 Å². The van der Waals surface area contributed by atoms with Crippen LogP contribution in [-0.2, 0) is 10.0 Å². The number of rotatable bonds is 4. The van der Waals surface area contributed by atoms with Gasteiger partial charge in [0.15, 0.2) is 0 Å². The maximum atomic E-state index is 12.7. The minimum Gasteiger partial charge on any atom is -0.208 e. The fourth-order valence-electron chi connectivity index (χ4n) is 3.15. The molecule has 0 aromatic heterocycles. The van der Waals surface area contributed by atoms with Gasteiger partial charge < -0.3 is 0 Å². The first-order chi connectivity index (χ1) is 11.6. The highest BCUT2D eigenvalue weighted by atomic mass is 32.2. The van der Waals surface area contributed by atoms with Crippen LogP contribution >= 0.6 is 0 Å². The Bertz CT molecular complexity index is 770. The Labute approximate surface area is 144 Å². The summed E-state index contributed by atoms with van der Waals surface area (Å²) in [4.78, 5) is 0. The van der Waals surface area contributed by atoms with Crippen LogP contribution in [-0.4, -0.2) is 25.8 Å². The SMILES string of the molecule is O=S(=O)(/C=C/c1ccccc1)N1CCCCC(c2ccccc2)C1. The van der Waals surface area contributed by atoms with Crippen LogP contribution in [0.15, 0.2) is 66.1 Å². The van der Waals surface area contributed by atoms with E-state index < -0.39 is 10.0 Å². The molecule has 0 spiro atoms. The second kappa shape index (κ2) is 7.77. The molecule has 0 saturated carbocycles. The molecule has 1 aliphatic heterocycles. The van der Waals surface area contributed by atoms with Crippen LogP contribution in [0, 0.1) is 0 Å². The molecule has 3 nitrogen and oxygen atoms in total. The topological polar surface area (TPSA) is 37.4 Å². The van der Waals surface area contributed by atoms with Gasteiger partial charge in [-0.1, -0.05) is 67.1 Å². The van der Waals surface area contributed by atoms with Crippen LogP contribution in [0.3, 0.4) is 0 Å². The Morgan fingerprint density at radius 3 is 2.29 bits per heavy atom. The molecule has 1 saturated heterocycles. The first-order valence-corrected chi connectivity index (χ1v) is 9.94. The zero-order chi connectivity index (χ0) is 16.8. The van der Waals surface area contributed by atoms with Gasteiger partial charge in [-0.05, 0) is 36.0 Å². The van der Waals surface area contributed by atoms with E-state index in [1.807, 2.05) is 48.5 Å². The summed E-state index contributed by atoms with van der Waals surface area (Å²) in [6.07, 6.45) is 4.70. The van der Waals surface area contributed by atoms with E-state index in [-0.39, 0.29) is 5.92 Å². The van der Waals surface area contributed by atoms with Crippen LogP contribution < -0.4 is 0 Å². The number of hydrogen-bond acceptors (Lipinski definition) is 2. The smallest absolute Gasteiger partial charge is 0.208 e. The highest BCUT2D eigenvalue weighted by Gasteiger charge is 2.26. The average molecular weight is 341 g/mol. The van der Waals surface area contributed by atoms with E-state index in [4.69, 9.17) is 0 Å². The van der Waals surface area contributed by atoms with Crippen molar-refractivity contribution in [2.24, 2.45) is 0 Å². The predicted molar refractivity (Wildman–Crippen MR) is 99.0 cm³/mol. The van der Waals surface area contributed by atoms with Crippen LogP contribution in [0.2, 0.25) is 0 Å². The summed E-state index contributed by atoms with van der Waals surface area (Å²) in [7, 11) is -3.39. The Morgan fingerprint density at radius 2 is 1.58 bits per heavy atom. The monoisotopic (exact) mass is 341 g/mol. The van der Waals surface area contributed by atoms with E-state index in [9.17, 15) is 8.42 Å². The van der Waals surface area contributed by atoms with Gasteiger partial charge in [0.2, 0.25) is 10.0 Å². The van der Waals surface area contributed by atoms with Crippen LogP contribution in [0.25, 0.3) is 6.08 Å². The summed E-state index contributed by atoms with van der Waals surface area (Å²) in [5.74, 6) is 0.272. The van der Waals surface area contributed by atoms with Crippen LogP contribution in [0.5, 0.6) is 0 Å². The third kappa shape index (κ3) is 4.34. The van der Waals surface area contributed by atoms with Crippen molar-refractivity contribution in [3.05, 3.63) is 77.2 Å². The number of benzene rings is 2. The quantitative estimate of drug-likeness (QED) is 0.833. The lowest BCUT2D eigenvalue weighted by molar-refractivity contribution is 0.412. The Kier molecular flexibility index (Phi) is 5.48. The van der Waals surface area contributed by atoms with Crippen molar-refractivity contribution < 1.29 is 8.42 Å². The molecule has 1 fully saturated rings. The molecule has 1 aliphatic rings. The van der Waals surface area contributed by atoms with Gasteiger partial charge in [0.1, 0.15) is 0 Å². The van der Waals surface area contributed by atoms with Crippen LogP contribution in [0.1, 0.15) is 36.3 Å². The first kappa shape index (κ1) is 16.9. The normalized spacial score (nSPS) is 20.1. The summed E-state index contributed by atoms with van der Waals surface area (Å²) in [6.45, 7) is 1.16. The zero-order valence-electron chi connectivity index (χ0n) is 13.7. The highest BCUT2D eigenvalue weighted by molar-refractivity contribution is 7.92. The molecule has 0 bridgehead atoms. The molecule has 1 unspecified atom stereocenters. The van der Waals surface area contributed by atoms with E-state index >= 15 is 0 Å². The fraction of sp³-hybridized carbons (Fsp3) is 0.300. The van der Waals surface area contributed by atoms with Gasteiger partial charge in [0.25, 0.3) is 0 Å². The van der Waals surface area contributed by atoms with Crippen molar-refractivity contribution in [3.63, 3.8) is 0 Å². The third-order valence-corrected chi connectivity index (χ3v) is 6.03.